The summed E-state index contributed by atoms with van der Waals surface area (Å²) in [6.07, 6.45) is 2.34. The minimum Gasteiger partial charge on any atom is -0.364 e. The van der Waals surface area contributed by atoms with Crippen molar-refractivity contribution in [2.75, 3.05) is 12.3 Å². The van der Waals surface area contributed by atoms with Crippen LogP contribution in [-0.2, 0) is 9.53 Å². The van der Waals surface area contributed by atoms with Gasteiger partial charge in [-0.25, -0.2) is 0 Å². The first-order valence-electron chi connectivity index (χ1n) is 7.15. The maximum Gasteiger partial charge on any atom is 0.249 e. The maximum absolute atomic E-state index is 12.3. The summed E-state index contributed by atoms with van der Waals surface area (Å²) < 4.78 is 5.66. The summed E-state index contributed by atoms with van der Waals surface area (Å²) in [6, 6.07) is 8.41. The Morgan fingerprint density at radius 1 is 1.35 bits per heavy atom. The van der Waals surface area contributed by atoms with Crippen LogP contribution in [0.5, 0.6) is 0 Å². The molecule has 1 saturated heterocycles. The molecule has 2 aliphatic heterocycles. The van der Waals surface area contributed by atoms with Gasteiger partial charge in [0.25, 0.3) is 0 Å². The number of carbonyl (C=O) groups excluding carboxylic acids is 1. The van der Waals surface area contributed by atoms with E-state index in [-0.39, 0.29) is 24.2 Å². The smallest absolute Gasteiger partial charge is 0.249 e. The van der Waals surface area contributed by atoms with E-state index in [0.29, 0.717) is 6.54 Å². The maximum atomic E-state index is 12.3. The van der Waals surface area contributed by atoms with Crippen LogP contribution >= 0.6 is 11.8 Å². The van der Waals surface area contributed by atoms with Gasteiger partial charge in [0.2, 0.25) is 5.91 Å². The van der Waals surface area contributed by atoms with Crippen LogP contribution in [0.1, 0.15) is 30.9 Å². The van der Waals surface area contributed by atoms with E-state index < -0.39 is 0 Å². The highest BCUT2D eigenvalue weighted by Gasteiger charge is 2.32. The first-order chi connectivity index (χ1) is 9.78. The predicted octanol–water partition coefficient (Wildman–Crippen LogP) is 1.85. The summed E-state index contributed by atoms with van der Waals surface area (Å²) >= 11 is 1.86. The van der Waals surface area contributed by atoms with Crippen LogP contribution in [0.15, 0.2) is 29.2 Å². The van der Waals surface area contributed by atoms with Gasteiger partial charge < -0.3 is 15.8 Å². The molecule has 3 atom stereocenters. The monoisotopic (exact) mass is 292 g/mol. The molecule has 3 rings (SSSR count). The van der Waals surface area contributed by atoms with Crippen molar-refractivity contribution in [3.63, 3.8) is 0 Å². The van der Waals surface area contributed by atoms with Gasteiger partial charge in [0.1, 0.15) is 6.10 Å². The molecule has 0 aromatic heterocycles. The molecular formula is C15H20N2O2S. The van der Waals surface area contributed by atoms with E-state index in [4.69, 9.17) is 10.5 Å². The second-order valence-electron chi connectivity index (χ2n) is 5.30. The number of benzene rings is 1. The molecule has 0 spiro atoms. The Balaban J connectivity index is 1.65. The summed E-state index contributed by atoms with van der Waals surface area (Å²) in [5.74, 6) is 1.05. The number of nitrogens with two attached hydrogens (primary N) is 1. The van der Waals surface area contributed by atoms with Crippen LogP contribution in [0, 0.1) is 0 Å². The van der Waals surface area contributed by atoms with Crippen LogP contribution in [0.2, 0.25) is 0 Å². The number of amides is 1. The van der Waals surface area contributed by atoms with Gasteiger partial charge in [-0.3, -0.25) is 4.79 Å². The van der Waals surface area contributed by atoms with Gasteiger partial charge >= 0.3 is 0 Å². The van der Waals surface area contributed by atoms with E-state index in [1.54, 1.807) is 0 Å². The lowest BCUT2D eigenvalue weighted by atomic mass is 10.0. The fourth-order valence-electron chi connectivity index (χ4n) is 2.83. The molecule has 3 N–H and O–H groups in total. The van der Waals surface area contributed by atoms with E-state index in [9.17, 15) is 4.79 Å². The summed E-state index contributed by atoms with van der Waals surface area (Å²) in [5.41, 5.74) is 6.81. The number of ether oxygens (including phenoxy) is 1. The Bertz CT molecular complexity index is 495. The van der Waals surface area contributed by atoms with Crippen LogP contribution < -0.4 is 11.1 Å². The first kappa shape index (κ1) is 13.9. The highest BCUT2D eigenvalue weighted by atomic mass is 32.2. The highest BCUT2D eigenvalue weighted by molar-refractivity contribution is 7.99. The van der Waals surface area contributed by atoms with Crippen molar-refractivity contribution in [2.45, 2.75) is 42.4 Å². The van der Waals surface area contributed by atoms with Crippen molar-refractivity contribution in [1.29, 1.82) is 0 Å². The van der Waals surface area contributed by atoms with Gasteiger partial charge in [0.15, 0.2) is 0 Å². The van der Waals surface area contributed by atoms with Crippen molar-refractivity contribution in [2.24, 2.45) is 5.73 Å². The van der Waals surface area contributed by atoms with Crippen LogP contribution in [0.25, 0.3) is 0 Å². The first-order valence-corrected chi connectivity index (χ1v) is 8.14. The van der Waals surface area contributed by atoms with Gasteiger partial charge in [0.05, 0.1) is 12.1 Å². The molecule has 2 aliphatic rings. The van der Waals surface area contributed by atoms with Crippen LogP contribution in [0.4, 0.5) is 0 Å². The molecule has 1 aromatic rings. The van der Waals surface area contributed by atoms with E-state index in [1.807, 2.05) is 23.9 Å². The summed E-state index contributed by atoms with van der Waals surface area (Å²) in [7, 11) is 0. The summed E-state index contributed by atoms with van der Waals surface area (Å²) in [4.78, 5) is 13.6. The Hall–Kier alpha value is -1.04. The largest absolute Gasteiger partial charge is 0.364 e. The molecule has 0 radical (unpaired) electrons. The van der Waals surface area contributed by atoms with Crippen LogP contribution in [0.3, 0.4) is 0 Å². The zero-order valence-electron chi connectivity index (χ0n) is 11.4. The molecule has 5 heteroatoms. The molecule has 1 fully saturated rings. The van der Waals surface area contributed by atoms with E-state index >= 15 is 0 Å². The number of fused-ring (bicyclic) bond motifs is 1. The summed E-state index contributed by atoms with van der Waals surface area (Å²) in [6.45, 7) is 0.493. The van der Waals surface area contributed by atoms with Gasteiger partial charge in [-0.15, -0.1) is 11.8 Å². The van der Waals surface area contributed by atoms with E-state index in [1.165, 1.54) is 10.5 Å². The predicted molar refractivity (Wildman–Crippen MR) is 79.6 cm³/mol. The third-order valence-electron chi connectivity index (χ3n) is 3.94. The average molecular weight is 292 g/mol. The van der Waals surface area contributed by atoms with Crippen molar-refractivity contribution < 1.29 is 9.53 Å². The fraction of sp³-hybridized carbons (Fsp3) is 0.533. The standard InChI is InChI=1S/C15H20N2O2S/c16-9-10-5-6-13(19-10)15(18)17-12-7-8-20-14-4-2-1-3-11(12)14/h1-4,10,12-13H,5-9,16H2,(H,17,18)/t10-,12?,13+/m1/s1. The Labute approximate surface area is 123 Å². The van der Waals surface area contributed by atoms with E-state index in [2.05, 4.69) is 17.4 Å². The number of thioether (sulfide) groups is 1. The number of hydrogen-bond donors (Lipinski definition) is 2. The quantitative estimate of drug-likeness (QED) is 0.892. The molecular weight excluding hydrogens is 272 g/mol. The van der Waals surface area contributed by atoms with Crippen molar-refractivity contribution in [3.05, 3.63) is 29.8 Å². The number of rotatable bonds is 3. The molecule has 0 bridgehead atoms. The number of nitrogens with one attached hydrogen (secondary N) is 1. The topological polar surface area (TPSA) is 64.4 Å². The summed E-state index contributed by atoms with van der Waals surface area (Å²) in [5, 5.41) is 3.14. The molecule has 2 heterocycles. The van der Waals surface area contributed by atoms with E-state index in [0.717, 1.165) is 25.0 Å². The highest BCUT2D eigenvalue weighted by Crippen LogP contribution is 2.36. The molecule has 4 nitrogen and oxygen atoms in total. The van der Waals surface area contributed by atoms with Gasteiger partial charge in [-0.1, -0.05) is 18.2 Å². The average Bonchev–Trinajstić information content (AvgIpc) is 2.97. The second kappa shape index (κ2) is 6.16. The van der Waals surface area contributed by atoms with Crippen molar-refractivity contribution in [1.82, 2.24) is 5.32 Å². The van der Waals surface area contributed by atoms with Gasteiger partial charge in [0, 0.05) is 17.2 Å². The van der Waals surface area contributed by atoms with Crippen molar-refractivity contribution >= 4 is 17.7 Å². The zero-order chi connectivity index (χ0) is 13.9. The Kier molecular flexibility index (Phi) is 4.29. The Morgan fingerprint density at radius 2 is 2.20 bits per heavy atom. The SMILES string of the molecule is NC[C@H]1CC[C@@H](C(=O)NC2CCSc3ccccc32)O1. The lowest BCUT2D eigenvalue weighted by Gasteiger charge is -2.27. The third-order valence-corrected chi connectivity index (χ3v) is 5.06. The number of hydrogen-bond acceptors (Lipinski definition) is 4. The van der Waals surface area contributed by atoms with Crippen LogP contribution in [-0.4, -0.2) is 30.4 Å². The molecule has 20 heavy (non-hydrogen) atoms. The lowest BCUT2D eigenvalue weighted by Crippen LogP contribution is -2.38. The number of carbonyl (C=O) groups is 1. The van der Waals surface area contributed by atoms with Gasteiger partial charge in [-0.05, 0) is 30.9 Å². The molecule has 1 aromatic carbocycles. The molecule has 108 valence electrons. The Morgan fingerprint density at radius 3 is 3.00 bits per heavy atom. The molecule has 0 aliphatic carbocycles. The minimum absolute atomic E-state index is 0.00709. The zero-order valence-corrected chi connectivity index (χ0v) is 12.2. The molecule has 1 unspecified atom stereocenters. The minimum atomic E-state index is -0.328. The fourth-order valence-corrected chi connectivity index (χ4v) is 3.95. The molecule has 1 amide bonds. The van der Waals surface area contributed by atoms with Crippen molar-refractivity contribution in [3.8, 4) is 0 Å². The lowest BCUT2D eigenvalue weighted by molar-refractivity contribution is -0.132. The second-order valence-corrected chi connectivity index (χ2v) is 6.43. The molecule has 0 saturated carbocycles. The van der Waals surface area contributed by atoms with Gasteiger partial charge in [-0.2, -0.15) is 0 Å². The third kappa shape index (κ3) is 2.85. The normalized spacial score (nSPS) is 28.9.